The first-order valence-electron chi connectivity index (χ1n) is 10.0. The van der Waals surface area contributed by atoms with Crippen LogP contribution in [0.3, 0.4) is 0 Å². The Balaban J connectivity index is 1.26. The van der Waals surface area contributed by atoms with Gasteiger partial charge in [-0.25, -0.2) is 0 Å². The zero-order valence-electron chi connectivity index (χ0n) is 17.7. The summed E-state index contributed by atoms with van der Waals surface area (Å²) in [6.07, 6.45) is 0. The van der Waals surface area contributed by atoms with Crippen LogP contribution in [0.25, 0.3) is 33.5 Å². The summed E-state index contributed by atoms with van der Waals surface area (Å²) in [5.74, 6) is 1.82. The third-order valence-electron chi connectivity index (χ3n) is 4.89. The van der Waals surface area contributed by atoms with E-state index >= 15 is 0 Å². The Kier molecular flexibility index (Phi) is 5.45. The van der Waals surface area contributed by atoms with Crippen molar-refractivity contribution in [3.8, 4) is 39.2 Å². The van der Waals surface area contributed by atoms with Gasteiger partial charge in [0.1, 0.15) is 5.75 Å². The lowest BCUT2D eigenvalue weighted by Gasteiger charge is -2.03. The highest BCUT2D eigenvalue weighted by Crippen LogP contribution is 2.28. The Morgan fingerprint density at radius 2 is 1.70 bits per heavy atom. The highest BCUT2D eigenvalue weighted by Gasteiger charge is 2.15. The third-order valence-corrected chi connectivity index (χ3v) is 5.89. The molecule has 0 spiro atoms. The van der Waals surface area contributed by atoms with E-state index in [1.807, 2.05) is 43.3 Å². The molecule has 0 saturated heterocycles. The number of nitrogens with one attached hydrogen (secondary N) is 1. The number of rotatable bonds is 6. The lowest BCUT2D eigenvalue weighted by molar-refractivity contribution is 0.101. The van der Waals surface area contributed by atoms with E-state index in [4.69, 9.17) is 13.8 Å². The van der Waals surface area contributed by atoms with Crippen LogP contribution in [0.4, 0.5) is 5.69 Å². The number of nitrogens with zero attached hydrogens (tertiary/aromatic N) is 3. The molecule has 0 aliphatic heterocycles. The topological polar surface area (TPSA) is 103 Å². The number of benzene rings is 2. The van der Waals surface area contributed by atoms with Gasteiger partial charge in [0.2, 0.25) is 5.82 Å². The highest BCUT2D eigenvalue weighted by molar-refractivity contribution is 7.15. The number of aromatic nitrogens is 3. The van der Waals surface area contributed by atoms with Crippen molar-refractivity contribution in [1.82, 2.24) is 15.3 Å². The number of anilines is 1. The molecule has 0 fully saturated rings. The molecule has 0 aliphatic carbocycles. The molecular formula is C24H18N4O4S. The van der Waals surface area contributed by atoms with Crippen molar-refractivity contribution in [2.75, 3.05) is 12.4 Å². The fraction of sp³-hybridized carbons (Fsp3) is 0.0833. The lowest BCUT2D eigenvalue weighted by atomic mass is 10.1. The first kappa shape index (κ1) is 20.7. The van der Waals surface area contributed by atoms with E-state index < -0.39 is 0 Å². The largest absolute Gasteiger partial charge is 0.497 e. The Morgan fingerprint density at radius 3 is 2.39 bits per heavy atom. The maximum absolute atomic E-state index is 12.6. The van der Waals surface area contributed by atoms with Crippen molar-refractivity contribution in [1.29, 1.82) is 0 Å². The minimum atomic E-state index is -0.376. The number of methoxy groups -OCH3 is 1. The van der Waals surface area contributed by atoms with Gasteiger partial charge in [-0.15, -0.1) is 11.3 Å². The van der Waals surface area contributed by atoms with Crippen LogP contribution in [0.2, 0.25) is 0 Å². The Bertz CT molecular complexity index is 1400. The van der Waals surface area contributed by atoms with Crippen LogP contribution in [-0.4, -0.2) is 28.3 Å². The normalized spacial score (nSPS) is 10.8. The van der Waals surface area contributed by atoms with Crippen LogP contribution >= 0.6 is 11.3 Å². The van der Waals surface area contributed by atoms with Crippen molar-refractivity contribution in [2.24, 2.45) is 0 Å². The standard InChI is InChI=1S/C24H18N4O4S/c1-14-3-12-21(33-14)22-26-24(32-28-22)16-4-8-17(9-5-16)25-23(29)19-13-20(31-27-19)15-6-10-18(30-2)11-7-15/h3-13H,1-2H3,(H,25,29). The number of hydrogen-bond donors (Lipinski definition) is 1. The molecular weight excluding hydrogens is 440 g/mol. The van der Waals surface area contributed by atoms with Gasteiger partial charge >= 0.3 is 0 Å². The van der Waals surface area contributed by atoms with Gasteiger partial charge in [-0.1, -0.05) is 10.3 Å². The second-order valence-corrected chi connectivity index (χ2v) is 8.46. The molecule has 8 nitrogen and oxygen atoms in total. The summed E-state index contributed by atoms with van der Waals surface area (Å²) >= 11 is 1.61. The molecule has 0 radical (unpaired) electrons. The molecule has 0 saturated carbocycles. The Hall–Kier alpha value is -4.24. The first-order chi connectivity index (χ1) is 16.1. The summed E-state index contributed by atoms with van der Waals surface area (Å²) in [6.45, 7) is 2.03. The molecule has 0 atom stereocenters. The summed E-state index contributed by atoms with van der Waals surface area (Å²) in [4.78, 5) is 19.2. The van der Waals surface area contributed by atoms with E-state index in [2.05, 4.69) is 20.6 Å². The number of carbonyl (C=O) groups excluding carboxylic acids is 1. The molecule has 3 heterocycles. The quantitative estimate of drug-likeness (QED) is 0.349. The fourth-order valence-electron chi connectivity index (χ4n) is 3.16. The van der Waals surface area contributed by atoms with Gasteiger partial charge in [-0.3, -0.25) is 4.79 Å². The van der Waals surface area contributed by atoms with Crippen molar-refractivity contribution in [2.45, 2.75) is 6.92 Å². The number of thiophene rings is 1. The van der Waals surface area contributed by atoms with Crippen LogP contribution < -0.4 is 10.1 Å². The maximum Gasteiger partial charge on any atom is 0.277 e. The molecule has 33 heavy (non-hydrogen) atoms. The molecule has 2 aromatic carbocycles. The van der Waals surface area contributed by atoms with Crippen molar-refractivity contribution >= 4 is 22.9 Å². The maximum atomic E-state index is 12.6. The van der Waals surface area contributed by atoms with Gasteiger partial charge < -0.3 is 19.1 Å². The van der Waals surface area contributed by atoms with Gasteiger partial charge in [-0.05, 0) is 67.6 Å². The highest BCUT2D eigenvalue weighted by atomic mass is 32.1. The first-order valence-corrected chi connectivity index (χ1v) is 10.8. The van der Waals surface area contributed by atoms with Crippen LogP contribution in [0, 0.1) is 6.92 Å². The van der Waals surface area contributed by atoms with Gasteiger partial charge in [0.15, 0.2) is 11.5 Å². The number of hydrogen-bond acceptors (Lipinski definition) is 8. The monoisotopic (exact) mass is 458 g/mol. The second kappa shape index (κ2) is 8.71. The average Bonchev–Trinajstić information content (AvgIpc) is 3.60. The second-order valence-electron chi connectivity index (χ2n) is 7.17. The van der Waals surface area contributed by atoms with Gasteiger partial charge in [0, 0.05) is 27.8 Å². The minimum absolute atomic E-state index is 0.178. The molecule has 3 aromatic heterocycles. The molecule has 164 valence electrons. The molecule has 0 aliphatic rings. The summed E-state index contributed by atoms with van der Waals surface area (Å²) in [5.41, 5.74) is 2.33. The van der Waals surface area contributed by atoms with Gasteiger partial charge in [-0.2, -0.15) is 4.98 Å². The van der Waals surface area contributed by atoms with E-state index in [1.54, 1.807) is 48.8 Å². The molecule has 1 N–H and O–H groups in total. The molecule has 5 rings (SSSR count). The zero-order valence-corrected chi connectivity index (χ0v) is 18.6. The summed E-state index contributed by atoms with van der Waals surface area (Å²) < 4.78 is 15.9. The zero-order chi connectivity index (χ0) is 22.8. The van der Waals surface area contributed by atoms with E-state index in [9.17, 15) is 4.79 Å². The predicted molar refractivity (Wildman–Crippen MR) is 124 cm³/mol. The Labute approximate surface area is 192 Å². The Morgan fingerprint density at radius 1 is 0.939 bits per heavy atom. The fourth-order valence-corrected chi connectivity index (χ4v) is 3.95. The number of amides is 1. The molecule has 1 amide bonds. The van der Waals surface area contributed by atoms with Crippen LogP contribution in [0.1, 0.15) is 15.4 Å². The minimum Gasteiger partial charge on any atom is -0.497 e. The summed E-state index contributed by atoms with van der Waals surface area (Å²) in [7, 11) is 1.60. The SMILES string of the molecule is COc1ccc(-c2cc(C(=O)Nc3ccc(-c4nc(-c5ccc(C)s5)no4)cc3)no2)cc1. The summed E-state index contributed by atoms with van der Waals surface area (Å²) in [6, 6.07) is 20.0. The van der Waals surface area contributed by atoms with Gasteiger partial charge in [0.05, 0.1) is 12.0 Å². The number of carbonyl (C=O) groups is 1. The molecule has 0 bridgehead atoms. The van der Waals surface area contributed by atoms with E-state index in [0.717, 1.165) is 21.8 Å². The average molecular weight is 458 g/mol. The molecule has 9 heteroatoms. The van der Waals surface area contributed by atoms with Gasteiger partial charge in [0.25, 0.3) is 11.8 Å². The van der Waals surface area contributed by atoms with Crippen LogP contribution in [-0.2, 0) is 0 Å². The van der Waals surface area contributed by atoms with Crippen molar-refractivity contribution in [3.63, 3.8) is 0 Å². The number of aryl methyl sites for hydroxylation is 1. The van der Waals surface area contributed by atoms with Crippen LogP contribution in [0.5, 0.6) is 5.75 Å². The van der Waals surface area contributed by atoms with Crippen molar-refractivity contribution in [3.05, 3.63) is 77.3 Å². The van der Waals surface area contributed by atoms with E-state index in [1.165, 1.54) is 4.88 Å². The van der Waals surface area contributed by atoms with E-state index in [-0.39, 0.29) is 11.6 Å². The summed E-state index contributed by atoms with van der Waals surface area (Å²) in [5, 5.41) is 10.7. The van der Waals surface area contributed by atoms with E-state index in [0.29, 0.717) is 23.2 Å². The predicted octanol–water partition coefficient (Wildman–Crippen LogP) is 5.69. The molecule has 5 aromatic rings. The smallest absolute Gasteiger partial charge is 0.277 e. The van der Waals surface area contributed by atoms with Crippen molar-refractivity contribution < 1.29 is 18.6 Å². The number of ether oxygens (including phenoxy) is 1. The molecule has 0 unspecified atom stereocenters. The third kappa shape index (κ3) is 4.39. The lowest BCUT2D eigenvalue weighted by Crippen LogP contribution is -2.11. The van der Waals surface area contributed by atoms with Crippen LogP contribution in [0.15, 0.2) is 75.8 Å².